The normalized spacial score (nSPS) is 11.7. The molecule has 15 rings (SSSR count). The lowest BCUT2D eigenvalue weighted by atomic mass is 9.96. The quantitative estimate of drug-likeness (QED) is 0.0960. The predicted molar refractivity (Wildman–Crippen MR) is 374 cm³/mol. The molecule has 0 N–H and O–H groups in total. The van der Waals surface area contributed by atoms with Gasteiger partial charge >= 0.3 is 0 Å². The molecule has 0 aliphatic carbocycles. The number of benzene rings is 12. The fourth-order valence-electron chi connectivity index (χ4n) is 12.7. The molecular formula is C83H60N6. The monoisotopic (exact) mass is 1140 g/mol. The van der Waals surface area contributed by atoms with Crippen molar-refractivity contribution in [1.29, 1.82) is 0 Å². The number of hydrogen-bond acceptors (Lipinski definition) is 4. The van der Waals surface area contributed by atoms with Crippen LogP contribution in [0.1, 0.15) is 12.5 Å². The molecule has 0 aliphatic heterocycles. The number of nitrogens with zero attached hydrogens (tertiary/aromatic N) is 6. The minimum absolute atomic E-state index is 0.536. The van der Waals surface area contributed by atoms with Crippen molar-refractivity contribution in [3.05, 3.63) is 352 Å². The number of allylic oxidation sites excluding steroid dienone is 4. The van der Waals surface area contributed by atoms with Crippen LogP contribution in [0.5, 0.6) is 0 Å². The number of fused-ring (bicyclic) bond motifs is 6. The Bertz CT molecular complexity index is 5140. The van der Waals surface area contributed by atoms with Crippen molar-refractivity contribution >= 4 is 77.9 Å². The smallest absolute Gasteiger partial charge is 0.235 e. The Morgan fingerprint density at radius 2 is 0.831 bits per heavy atom. The molecule has 422 valence electrons. The van der Waals surface area contributed by atoms with E-state index in [4.69, 9.17) is 16.5 Å². The van der Waals surface area contributed by atoms with E-state index < -0.39 is 0 Å². The molecule has 3 heterocycles. The molecule has 0 bridgehead atoms. The van der Waals surface area contributed by atoms with Crippen LogP contribution in [0, 0.1) is 0 Å². The Kier molecular flexibility index (Phi) is 14.2. The third kappa shape index (κ3) is 10.2. The van der Waals surface area contributed by atoms with Crippen LogP contribution < -0.4 is 9.80 Å². The number of para-hydroxylation sites is 6. The number of hydrogen-bond donors (Lipinski definition) is 0. The molecule has 0 unspecified atom stereocenters. The van der Waals surface area contributed by atoms with Gasteiger partial charge in [-0.25, -0.2) is 9.97 Å². The van der Waals surface area contributed by atoms with E-state index in [2.05, 4.69) is 353 Å². The summed E-state index contributed by atoms with van der Waals surface area (Å²) in [7, 11) is 0. The summed E-state index contributed by atoms with van der Waals surface area (Å²) in [6.45, 7) is 6.87. The van der Waals surface area contributed by atoms with Crippen LogP contribution in [0.4, 0.5) is 28.7 Å². The van der Waals surface area contributed by atoms with E-state index in [-0.39, 0.29) is 0 Å². The van der Waals surface area contributed by atoms with E-state index in [1.54, 1.807) is 0 Å². The Morgan fingerprint density at radius 1 is 0.348 bits per heavy atom. The highest BCUT2D eigenvalue weighted by molar-refractivity contribution is 6.11. The van der Waals surface area contributed by atoms with Gasteiger partial charge in [0.1, 0.15) is 0 Å². The van der Waals surface area contributed by atoms with Gasteiger partial charge < -0.3 is 14.0 Å². The van der Waals surface area contributed by atoms with Crippen LogP contribution >= 0.6 is 0 Å². The average Bonchev–Trinajstić information content (AvgIpc) is 1.89. The average molecular weight is 1140 g/mol. The van der Waals surface area contributed by atoms with E-state index >= 15 is 0 Å². The van der Waals surface area contributed by atoms with Gasteiger partial charge in [0.25, 0.3) is 0 Å². The lowest BCUT2D eigenvalue weighted by molar-refractivity contribution is 1.09. The van der Waals surface area contributed by atoms with Gasteiger partial charge in [0.05, 0.1) is 33.5 Å². The van der Waals surface area contributed by atoms with E-state index in [0.717, 1.165) is 95.7 Å². The van der Waals surface area contributed by atoms with Crippen molar-refractivity contribution in [1.82, 2.24) is 19.1 Å². The third-order valence-electron chi connectivity index (χ3n) is 16.9. The Morgan fingerprint density at radius 3 is 1.47 bits per heavy atom. The maximum absolute atomic E-state index is 5.59. The molecule has 0 fully saturated rings. The topological polar surface area (TPSA) is 42.1 Å². The fourth-order valence-corrected chi connectivity index (χ4v) is 12.7. The van der Waals surface area contributed by atoms with E-state index in [1.165, 1.54) is 43.6 Å². The molecule has 0 aliphatic rings. The molecule has 6 heteroatoms. The van der Waals surface area contributed by atoms with Gasteiger partial charge in [-0.1, -0.05) is 219 Å². The molecule has 0 atom stereocenters. The molecule has 15 aromatic rings. The summed E-state index contributed by atoms with van der Waals surface area (Å²) < 4.78 is 4.71. The number of rotatable bonds is 15. The maximum Gasteiger partial charge on any atom is 0.235 e. The summed E-state index contributed by atoms with van der Waals surface area (Å²) in [5, 5.41) is 4.84. The summed E-state index contributed by atoms with van der Waals surface area (Å²) in [5.41, 5.74) is 21.7. The predicted octanol–water partition coefficient (Wildman–Crippen LogP) is 22.1. The lowest BCUT2D eigenvalue weighted by Gasteiger charge is -2.27. The highest BCUT2D eigenvalue weighted by Crippen LogP contribution is 2.42. The zero-order chi connectivity index (χ0) is 59.6. The molecule has 0 radical (unpaired) electrons. The van der Waals surface area contributed by atoms with E-state index in [9.17, 15) is 0 Å². The first kappa shape index (κ1) is 53.8. The van der Waals surface area contributed by atoms with Crippen molar-refractivity contribution < 1.29 is 0 Å². The van der Waals surface area contributed by atoms with Gasteiger partial charge in [-0.05, 0) is 162 Å². The van der Waals surface area contributed by atoms with Crippen molar-refractivity contribution in [2.24, 2.45) is 0 Å². The minimum Gasteiger partial charge on any atom is -0.311 e. The molecule has 12 aromatic carbocycles. The van der Waals surface area contributed by atoms with Crippen molar-refractivity contribution in [3.8, 4) is 56.1 Å². The SMILES string of the molecule is C=C(/C=C\C(=C/C)c1ccc2c(c1)c1ccccc1n2-c1ccccc1)N(c1ccccc1)c1cccc(-c2cc(-c3ccccc3-c3ccccc3)nc(N(c3ccccc3)c3ccc(-c4ccc5c(c4)c4ccccc4n5-c4ccccc4)cc3)n2)c1. The first-order valence-electron chi connectivity index (χ1n) is 30.2. The first-order chi connectivity index (χ1) is 44.0. The standard InChI is InChI=1S/C83H60N6/c1-3-59(62-48-52-81-75(55-62)73-40-21-23-42-79(73)88(81)67-33-15-7-16-34-67)45-44-58(2)86(65-29-11-5-12-30-65)70-37-25-28-64(54-70)77-57-78(72-39-20-19-38-71(72)61-26-9-4-10-27-61)85-83(84-77)87(66-31-13-6-14-32-66)69-50-46-60(47-51-69)63-49-53-82-76(56-63)74-41-22-24-43-80(74)89(82)68-35-17-8-18-36-68/h3-57H,2H2,1H3/b45-44-,59-3+. The first-order valence-corrected chi connectivity index (χ1v) is 30.2. The molecule has 0 saturated carbocycles. The molecule has 0 spiro atoms. The van der Waals surface area contributed by atoms with Crippen molar-refractivity contribution in [2.45, 2.75) is 6.92 Å². The summed E-state index contributed by atoms with van der Waals surface area (Å²) in [6, 6.07) is 112. The van der Waals surface area contributed by atoms with Crippen molar-refractivity contribution in [3.63, 3.8) is 0 Å². The Hall–Kier alpha value is -11.9. The van der Waals surface area contributed by atoms with Gasteiger partial charge in [0, 0.05) is 72.5 Å². The fraction of sp³-hybridized carbons (Fsp3) is 0.0120. The minimum atomic E-state index is 0.536. The largest absolute Gasteiger partial charge is 0.311 e. The zero-order valence-electron chi connectivity index (χ0n) is 49.1. The van der Waals surface area contributed by atoms with Gasteiger partial charge in [-0.2, -0.15) is 0 Å². The molecule has 6 nitrogen and oxygen atoms in total. The number of aromatic nitrogens is 4. The number of anilines is 5. The summed E-state index contributed by atoms with van der Waals surface area (Å²) in [5.74, 6) is 0.536. The second-order valence-corrected chi connectivity index (χ2v) is 22.2. The lowest BCUT2D eigenvalue weighted by Crippen LogP contribution is -2.15. The molecule has 3 aromatic heterocycles. The second-order valence-electron chi connectivity index (χ2n) is 22.2. The van der Waals surface area contributed by atoms with Crippen LogP contribution in [0.3, 0.4) is 0 Å². The van der Waals surface area contributed by atoms with Crippen LogP contribution in [-0.2, 0) is 0 Å². The van der Waals surface area contributed by atoms with Crippen LogP contribution in [0.2, 0.25) is 0 Å². The Balaban J connectivity index is 0.819. The zero-order valence-corrected chi connectivity index (χ0v) is 49.1. The highest BCUT2D eigenvalue weighted by atomic mass is 15.3. The summed E-state index contributed by atoms with van der Waals surface area (Å²) in [4.78, 5) is 15.5. The van der Waals surface area contributed by atoms with Crippen LogP contribution in [-0.4, -0.2) is 19.1 Å². The maximum atomic E-state index is 5.59. The molecule has 0 saturated heterocycles. The van der Waals surface area contributed by atoms with Gasteiger partial charge in [0.15, 0.2) is 0 Å². The summed E-state index contributed by atoms with van der Waals surface area (Å²) in [6.07, 6.45) is 6.48. The van der Waals surface area contributed by atoms with Gasteiger partial charge in [0.2, 0.25) is 5.95 Å². The van der Waals surface area contributed by atoms with Crippen molar-refractivity contribution in [2.75, 3.05) is 9.80 Å². The molecule has 0 amide bonds. The summed E-state index contributed by atoms with van der Waals surface area (Å²) >= 11 is 0. The van der Waals surface area contributed by atoms with E-state index in [0.29, 0.717) is 5.95 Å². The molecular weight excluding hydrogens is 1080 g/mol. The molecule has 89 heavy (non-hydrogen) atoms. The highest BCUT2D eigenvalue weighted by Gasteiger charge is 2.23. The third-order valence-corrected chi connectivity index (χ3v) is 16.9. The Labute approximate surface area is 518 Å². The van der Waals surface area contributed by atoms with Crippen LogP contribution in [0.25, 0.3) is 105 Å². The van der Waals surface area contributed by atoms with Crippen LogP contribution in [0.15, 0.2) is 346 Å². The van der Waals surface area contributed by atoms with Gasteiger partial charge in [-0.15, -0.1) is 0 Å². The van der Waals surface area contributed by atoms with Gasteiger partial charge in [-0.3, -0.25) is 4.90 Å². The second kappa shape index (κ2) is 23.5. The van der Waals surface area contributed by atoms with E-state index in [1.807, 2.05) is 6.07 Å².